The van der Waals surface area contributed by atoms with Gasteiger partial charge in [-0.1, -0.05) is 19.9 Å². The minimum absolute atomic E-state index is 0.0839. The molecule has 4 aliphatic rings. The molecule has 1 spiro atoms. The number of ketones is 1. The van der Waals surface area contributed by atoms with Gasteiger partial charge in [0.05, 0.1) is 19.3 Å². The fourth-order valence-corrected chi connectivity index (χ4v) is 8.17. The van der Waals surface area contributed by atoms with Crippen molar-refractivity contribution >= 4 is 5.78 Å². The zero-order chi connectivity index (χ0) is 21.9. The number of carbonyl (C=O) groups is 1. The number of aryl methyl sites for hydroxylation is 1. The van der Waals surface area contributed by atoms with Crippen molar-refractivity contribution in [2.24, 2.45) is 22.7 Å². The molecule has 0 aromatic heterocycles. The number of benzene rings is 1. The fraction of sp³-hybridized carbons (Fsp3) is 0.731. The number of carbonyl (C=O) groups excluding carboxylic acids is 1. The summed E-state index contributed by atoms with van der Waals surface area (Å²) in [5, 5.41) is 10.1. The summed E-state index contributed by atoms with van der Waals surface area (Å²) in [4.78, 5) is 13.5. The van der Waals surface area contributed by atoms with E-state index in [9.17, 15) is 9.90 Å². The van der Waals surface area contributed by atoms with Gasteiger partial charge in [-0.25, -0.2) is 0 Å². The van der Waals surface area contributed by atoms with Gasteiger partial charge in [0.15, 0.2) is 0 Å². The molecule has 0 heterocycles. The first-order valence-corrected chi connectivity index (χ1v) is 11.9. The van der Waals surface area contributed by atoms with Crippen LogP contribution in [0.4, 0.5) is 0 Å². The van der Waals surface area contributed by atoms with E-state index in [1.165, 1.54) is 11.1 Å². The SMILES string of the molecule is COCCOCO[C@@H]1C[C@@]23C(=O)CC[C@]2(C)CCC3C2CCc3cc(O)ccc3[C@]21C. The third-order valence-corrected chi connectivity index (χ3v) is 9.73. The van der Waals surface area contributed by atoms with Gasteiger partial charge in [0.2, 0.25) is 0 Å². The van der Waals surface area contributed by atoms with Crippen LogP contribution in [0.5, 0.6) is 5.75 Å². The Morgan fingerprint density at radius 2 is 1.94 bits per heavy atom. The largest absolute Gasteiger partial charge is 0.508 e. The lowest BCUT2D eigenvalue weighted by Crippen LogP contribution is -2.62. The predicted octanol–water partition coefficient (Wildman–Crippen LogP) is 4.39. The number of hydrogen-bond donors (Lipinski definition) is 1. The van der Waals surface area contributed by atoms with Crippen LogP contribution in [0.2, 0.25) is 0 Å². The highest BCUT2D eigenvalue weighted by atomic mass is 16.7. The zero-order valence-corrected chi connectivity index (χ0v) is 19.1. The molecule has 5 nitrogen and oxygen atoms in total. The second-order valence-electron chi connectivity index (χ2n) is 10.7. The lowest BCUT2D eigenvalue weighted by molar-refractivity contribution is -0.184. The number of methoxy groups -OCH3 is 1. The van der Waals surface area contributed by atoms with E-state index >= 15 is 0 Å². The Bertz CT molecular complexity index is 867. The van der Waals surface area contributed by atoms with Crippen LogP contribution in [-0.2, 0) is 30.8 Å². The van der Waals surface area contributed by atoms with Crippen LogP contribution < -0.4 is 0 Å². The highest BCUT2D eigenvalue weighted by Crippen LogP contribution is 2.73. The molecule has 5 heteroatoms. The number of Topliss-reactive ketones (excluding diaryl/α,β-unsaturated/α-hetero) is 1. The van der Waals surface area contributed by atoms with E-state index in [1.54, 1.807) is 7.11 Å². The monoisotopic (exact) mass is 428 g/mol. The molecule has 2 unspecified atom stereocenters. The average molecular weight is 429 g/mol. The van der Waals surface area contributed by atoms with Crippen LogP contribution in [0.25, 0.3) is 0 Å². The quantitative estimate of drug-likeness (QED) is 0.538. The molecule has 0 aliphatic heterocycles. The normalized spacial score (nSPS) is 40.9. The van der Waals surface area contributed by atoms with Crippen LogP contribution >= 0.6 is 0 Å². The van der Waals surface area contributed by atoms with Crippen molar-refractivity contribution in [1.82, 2.24) is 0 Å². The lowest BCUT2D eigenvalue weighted by Gasteiger charge is -2.60. The lowest BCUT2D eigenvalue weighted by atomic mass is 9.45. The first-order valence-electron chi connectivity index (χ1n) is 11.9. The third kappa shape index (κ3) is 2.89. The van der Waals surface area contributed by atoms with Crippen molar-refractivity contribution in [2.75, 3.05) is 27.1 Å². The topological polar surface area (TPSA) is 65.0 Å². The van der Waals surface area contributed by atoms with Gasteiger partial charge in [0.25, 0.3) is 0 Å². The smallest absolute Gasteiger partial charge is 0.147 e. The molecule has 0 bridgehead atoms. The summed E-state index contributed by atoms with van der Waals surface area (Å²) in [6, 6.07) is 5.83. The molecule has 3 saturated carbocycles. The van der Waals surface area contributed by atoms with Crippen LogP contribution in [0.15, 0.2) is 18.2 Å². The molecule has 5 rings (SSSR count). The van der Waals surface area contributed by atoms with Gasteiger partial charge in [-0.05, 0) is 79.0 Å². The van der Waals surface area contributed by atoms with Gasteiger partial charge in [-0.3, -0.25) is 4.79 Å². The van der Waals surface area contributed by atoms with Crippen molar-refractivity contribution in [2.45, 2.75) is 70.3 Å². The van der Waals surface area contributed by atoms with E-state index in [1.807, 2.05) is 12.1 Å². The van der Waals surface area contributed by atoms with E-state index in [4.69, 9.17) is 14.2 Å². The number of phenols is 1. The van der Waals surface area contributed by atoms with E-state index in [0.717, 1.165) is 44.9 Å². The second kappa shape index (κ2) is 7.57. The van der Waals surface area contributed by atoms with Gasteiger partial charge in [-0.15, -0.1) is 0 Å². The molecule has 0 radical (unpaired) electrons. The fourth-order valence-electron chi connectivity index (χ4n) is 8.17. The van der Waals surface area contributed by atoms with Crippen molar-refractivity contribution in [3.05, 3.63) is 29.3 Å². The van der Waals surface area contributed by atoms with Gasteiger partial charge in [0, 0.05) is 24.4 Å². The highest BCUT2D eigenvalue weighted by molar-refractivity contribution is 5.89. The molecule has 6 atom stereocenters. The van der Waals surface area contributed by atoms with Crippen molar-refractivity contribution in [3.63, 3.8) is 0 Å². The standard InChI is InChI=1S/C26H36O5/c1-24-10-8-21-20-6-4-17-14-18(27)5-7-19(17)25(20,2)23(31-16-30-13-12-29-3)15-26(21,24)22(28)9-11-24/h5,7,14,20-21,23,27H,4,6,8-13,15-16H2,1-3H3/t20?,21?,23-,24+,25-,26-/m1/s1. The Hall–Kier alpha value is -1.43. The van der Waals surface area contributed by atoms with E-state index in [0.29, 0.717) is 36.6 Å². The number of ether oxygens (including phenoxy) is 3. The first kappa shape index (κ1) is 21.4. The maximum atomic E-state index is 13.5. The summed E-state index contributed by atoms with van der Waals surface area (Å²) < 4.78 is 17.3. The molecule has 1 aromatic rings. The Labute approximate surface area is 185 Å². The predicted molar refractivity (Wildman–Crippen MR) is 117 cm³/mol. The van der Waals surface area contributed by atoms with E-state index in [2.05, 4.69) is 19.9 Å². The molecule has 0 saturated heterocycles. The van der Waals surface area contributed by atoms with Crippen molar-refractivity contribution in [3.8, 4) is 5.75 Å². The molecular formula is C26H36O5. The van der Waals surface area contributed by atoms with Crippen LogP contribution in [0.1, 0.15) is 63.5 Å². The number of phenolic OH excluding ortho intramolecular Hbond substituents is 1. The van der Waals surface area contributed by atoms with E-state index in [-0.39, 0.29) is 29.1 Å². The molecular weight excluding hydrogens is 392 g/mol. The van der Waals surface area contributed by atoms with E-state index < -0.39 is 0 Å². The molecule has 3 fully saturated rings. The maximum absolute atomic E-state index is 13.5. The number of aromatic hydroxyl groups is 1. The molecule has 170 valence electrons. The highest BCUT2D eigenvalue weighted by Gasteiger charge is 2.72. The van der Waals surface area contributed by atoms with Crippen LogP contribution in [-0.4, -0.2) is 44.1 Å². The molecule has 0 amide bonds. The molecule has 4 aliphatic carbocycles. The summed E-state index contributed by atoms with van der Waals surface area (Å²) >= 11 is 0. The Morgan fingerprint density at radius 3 is 2.74 bits per heavy atom. The summed E-state index contributed by atoms with van der Waals surface area (Å²) in [6.45, 7) is 5.96. The third-order valence-electron chi connectivity index (χ3n) is 9.73. The molecule has 1 N–H and O–H groups in total. The van der Waals surface area contributed by atoms with Crippen molar-refractivity contribution in [1.29, 1.82) is 0 Å². The Morgan fingerprint density at radius 1 is 1.10 bits per heavy atom. The van der Waals surface area contributed by atoms with Crippen molar-refractivity contribution < 1.29 is 24.1 Å². The molecule has 1 aromatic carbocycles. The van der Waals surface area contributed by atoms with Gasteiger partial charge in [0.1, 0.15) is 18.3 Å². The number of hydrogen-bond acceptors (Lipinski definition) is 5. The number of fused-ring (bicyclic) bond motifs is 4. The van der Waals surface area contributed by atoms with Crippen LogP contribution in [0, 0.1) is 22.7 Å². The summed E-state index contributed by atoms with van der Waals surface area (Å²) in [5.74, 6) is 1.64. The summed E-state index contributed by atoms with van der Waals surface area (Å²) in [5.41, 5.74) is 2.18. The Balaban J connectivity index is 1.55. The zero-order valence-electron chi connectivity index (χ0n) is 19.1. The second-order valence-corrected chi connectivity index (χ2v) is 10.7. The van der Waals surface area contributed by atoms with Gasteiger partial charge >= 0.3 is 0 Å². The van der Waals surface area contributed by atoms with Gasteiger partial charge < -0.3 is 19.3 Å². The summed E-state index contributed by atoms with van der Waals surface area (Å²) in [7, 11) is 1.66. The van der Waals surface area contributed by atoms with Gasteiger partial charge in [-0.2, -0.15) is 0 Å². The Kier molecular flexibility index (Phi) is 5.23. The number of rotatable bonds is 6. The first-order chi connectivity index (χ1) is 14.9. The minimum atomic E-state index is -0.247. The summed E-state index contributed by atoms with van der Waals surface area (Å²) in [6.07, 6.45) is 6.74. The molecule has 31 heavy (non-hydrogen) atoms. The minimum Gasteiger partial charge on any atom is -0.508 e. The van der Waals surface area contributed by atoms with Crippen LogP contribution in [0.3, 0.4) is 0 Å². The maximum Gasteiger partial charge on any atom is 0.147 e. The average Bonchev–Trinajstić information content (AvgIpc) is 3.17.